The SMILES string of the molecule is CC(C)c1cc(Cl)cc(C2CC(C(=O)O)CN2)c1O. The van der Waals surface area contributed by atoms with Crippen molar-refractivity contribution in [2.75, 3.05) is 6.54 Å². The molecule has 1 aliphatic heterocycles. The summed E-state index contributed by atoms with van der Waals surface area (Å²) in [4.78, 5) is 11.0. The molecule has 2 rings (SSSR count). The van der Waals surface area contributed by atoms with E-state index in [0.29, 0.717) is 23.6 Å². The zero-order valence-corrected chi connectivity index (χ0v) is 11.7. The number of nitrogens with one attached hydrogen (secondary N) is 1. The van der Waals surface area contributed by atoms with Crippen LogP contribution in [0.3, 0.4) is 0 Å². The first-order valence-electron chi connectivity index (χ1n) is 6.38. The van der Waals surface area contributed by atoms with Gasteiger partial charge in [-0.1, -0.05) is 25.4 Å². The number of aliphatic carboxylic acids is 1. The van der Waals surface area contributed by atoms with Gasteiger partial charge in [0.05, 0.1) is 5.92 Å². The van der Waals surface area contributed by atoms with Gasteiger partial charge in [0.15, 0.2) is 0 Å². The van der Waals surface area contributed by atoms with Crippen LogP contribution in [0.25, 0.3) is 0 Å². The molecule has 19 heavy (non-hydrogen) atoms. The molecule has 0 aromatic heterocycles. The molecule has 5 heteroatoms. The lowest BCUT2D eigenvalue weighted by atomic mass is 9.93. The van der Waals surface area contributed by atoms with Gasteiger partial charge in [0, 0.05) is 23.2 Å². The summed E-state index contributed by atoms with van der Waals surface area (Å²) in [6, 6.07) is 3.32. The summed E-state index contributed by atoms with van der Waals surface area (Å²) >= 11 is 6.09. The summed E-state index contributed by atoms with van der Waals surface area (Å²) in [6.45, 7) is 4.39. The largest absolute Gasteiger partial charge is 0.507 e. The van der Waals surface area contributed by atoms with Crippen LogP contribution in [-0.4, -0.2) is 22.7 Å². The van der Waals surface area contributed by atoms with Gasteiger partial charge >= 0.3 is 5.97 Å². The van der Waals surface area contributed by atoms with E-state index in [1.54, 1.807) is 12.1 Å². The third-order valence-electron chi connectivity index (χ3n) is 3.61. The molecule has 0 saturated carbocycles. The standard InChI is InChI=1S/C14H18ClNO3/c1-7(2)10-4-9(15)5-11(13(10)17)12-3-8(6-16-12)14(18)19/h4-5,7-8,12,16-17H,3,6H2,1-2H3,(H,18,19). The van der Waals surface area contributed by atoms with Crippen molar-refractivity contribution in [3.05, 3.63) is 28.3 Å². The van der Waals surface area contributed by atoms with E-state index >= 15 is 0 Å². The molecule has 4 nitrogen and oxygen atoms in total. The normalized spacial score (nSPS) is 22.9. The Labute approximate surface area is 117 Å². The van der Waals surface area contributed by atoms with Crippen molar-refractivity contribution in [2.24, 2.45) is 5.92 Å². The number of carboxylic acids is 1. The number of hydrogen-bond acceptors (Lipinski definition) is 3. The molecule has 3 N–H and O–H groups in total. The third kappa shape index (κ3) is 2.85. The summed E-state index contributed by atoms with van der Waals surface area (Å²) in [6.07, 6.45) is 0.473. The Morgan fingerprint density at radius 1 is 1.47 bits per heavy atom. The third-order valence-corrected chi connectivity index (χ3v) is 3.83. The van der Waals surface area contributed by atoms with E-state index < -0.39 is 11.9 Å². The Hall–Kier alpha value is -1.26. The Kier molecular flexibility index (Phi) is 4.02. The summed E-state index contributed by atoms with van der Waals surface area (Å²) in [7, 11) is 0. The van der Waals surface area contributed by atoms with Crippen LogP contribution < -0.4 is 5.32 Å². The van der Waals surface area contributed by atoms with Crippen molar-refractivity contribution in [1.29, 1.82) is 0 Å². The van der Waals surface area contributed by atoms with Gasteiger partial charge in [-0.2, -0.15) is 0 Å². The Morgan fingerprint density at radius 3 is 2.68 bits per heavy atom. The molecule has 1 aliphatic rings. The summed E-state index contributed by atoms with van der Waals surface area (Å²) in [5.74, 6) is -0.830. The fourth-order valence-corrected chi connectivity index (χ4v) is 2.74. The first-order valence-corrected chi connectivity index (χ1v) is 6.76. The predicted molar refractivity (Wildman–Crippen MR) is 73.7 cm³/mol. The number of hydrogen-bond donors (Lipinski definition) is 3. The van der Waals surface area contributed by atoms with Crippen LogP contribution in [0, 0.1) is 5.92 Å². The summed E-state index contributed by atoms with van der Waals surface area (Å²) < 4.78 is 0. The second kappa shape index (κ2) is 5.39. The smallest absolute Gasteiger partial charge is 0.307 e. The molecule has 1 aromatic carbocycles. The minimum absolute atomic E-state index is 0.155. The molecular formula is C14H18ClNO3. The van der Waals surface area contributed by atoms with Crippen LogP contribution in [0.2, 0.25) is 5.02 Å². The number of benzene rings is 1. The maximum Gasteiger partial charge on any atom is 0.307 e. The maximum atomic E-state index is 11.0. The van der Waals surface area contributed by atoms with Gasteiger partial charge in [-0.25, -0.2) is 0 Å². The van der Waals surface area contributed by atoms with E-state index in [9.17, 15) is 9.90 Å². The average Bonchev–Trinajstić information content (AvgIpc) is 2.80. The van der Waals surface area contributed by atoms with Crippen molar-refractivity contribution in [3.8, 4) is 5.75 Å². The quantitative estimate of drug-likeness (QED) is 0.798. The van der Waals surface area contributed by atoms with Gasteiger partial charge in [-0.05, 0) is 30.0 Å². The number of halogens is 1. The maximum absolute atomic E-state index is 11.0. The van der Waals surface area contributed by atoms with Gasteiger partial charge in [0.25, 0.3) is 0 Å². The second-order valence-corrected chi connectivity index (χ2v) is 5.76. The fraction of sp³-hybridized carbons (Fsp3) is 0.500. The van der Waals surface area contributed by atoms with Crippen LogP contribution in [0.5, 0.6) is 5.75 Å². The Morgan fingerprint density at radius 2 is 2.16 bits per heavy atom. The van der Waals surface area contributed by atoms with Gasteiger partial charge in [-0.3, -0.25) is 4.79 Å². The van der Waals surface area contributed by atoms with Crippen molar-refractivity contribution in [1.82, 2.24) is 5.32 Å². The van der Waals surface area contributed by atoms with Crippen molar-refractivity contribution >= 4 is 17.6 Å². The molecule has 1 aromatic rings. The second-order valence-electron chi connectivity index (χ2n) is 5.32. The molecule has 0 aliphatic carbocycles. The zero-order chi connectivity index (χ0) is 14.2. The van der Waals surface area contributed by atoms with Crippen LogP contribution >= 0.6 is 11.6 Å². The van der Waals surface area contributed by atoms with Crippen molar-refractivity contribution < 1.29 is 15.0 Å². The Balaban J connectivity index is 2.33. The fourth-order valence-electron chi connectivity index (χ4n) is 2.51. The summed E-state index contributed by atoms with van der Waals surface area (Å²) in [5, 5.41) is 23.0. The number of rotatable bonds is 3. The van der Waals surface area contributed by atoms with E-state index in [-0.39, 0.29) is 17.7 Å². The molecule has 1 saturated heterocycles. The highest BCUT2D eigenvalue weighted by Gasteiger charge is 2.32. The number of carbonyl (C=O) groups is 1. The number of aromatic hydroxyl groups is 1. The number of phenolic OH excluding ortho intramolecular Hbond substituents is 1. The Bertz CT molecular complexity index is 502. The highest BCUT2D eigenvalue weighted by atomic mass is 35.5. The van der Waals surface area contributed by atoms with Gasteiger partial charge in [-0.15, -0.1) is 0 Å². The lowest BCUT2D eigenvalue weighted by Crippen LogP contribution is -2.17. The molecule has 0 amide bonds. The van der Waals surface area contributed by atoms with Crippen LogP contribution in [0.1, 0.15) is 43.4 Å². The molecule has 2 unspecified atom stereocenters. The van der Waals surface area contributed by atoms with Gasteiger partial charge < -0.3 is 15.5 Å². The molecule has 1 heterocycles. The minimum Gasteiger partial charge on any atom is -0.507 e. The zero-order valence-electron chi connectivity index (χ0n) is 11.0. The highest BCUT2D eigenvalue weighted by Crippen LogP contribution is 2.39. The lowest BCUT2D eigenvalue weighted by molar-refractivity contribution is -0.141. The predicted octanol–water partition coefficient (Wildman–Crippen LogP) is 2.90. The molecule has 104 valence electrons. The summed E-state index contributed by atoms with van der Waals surface area (Å²) in [5.41, 5.74) is 1.49. The first kappa shape index (κ1) is 14.2. The van der Waals surface area contributed by atoms with E-state index in [1.165, 1.54) is 0 Å². The van der Waals surface area contributed by atoms with Crippen LogP contribution in [0.15, 0.2) is 12.1 Å². The van der Waals surface area contributed by atoms with E-state index in [4.69, 9.17) is 16.7 Å². The number of carboxylic acid groups (broad SMARTS) is 1. The van der Waals surface area contributed by atoms with Crippen LogP contribution in [-0.2, 0) is 4.79 Å². The average molecular weight is 284 g/mol. The lowest BCUT2D eigenvalue weighted by Gasteiger charge is -2.18. The van der Waals surface area contributed by atoms with Crippen molar-refractivity contribution in [3.63, 3.8) is 0 Å². The molecule has 0 radical (unpaired) electrons. The van der Waals surface area contributed by atoms with E-state index in [1.807, 2.05) is 13.8 Å². The van der Waals surface area contributed by atoms with Gasteiger partial charge in [0.1, 0.15) is 5.75 Å². The number of phenols is 1. The molecule has 2 atom stereocenters. The van der Waals surface area contributed by atoms with E-state index in [0.717, 1.165) is 5.56 Å². The highest BCUT2D eigenvalue weighted by molar-refractivity contribution is 6.30. The molecule has 0 spiro atoms. The topological polar surface area (TPSA) is 69.6 Å². The van der Waals surface area contributed by atoms with Crippen LogP contribution in [0.4, 0.5) is 0 Å². The van der Waals surface area contributed by atoms with Crippen molar-refractivity contribution in [2.45, 2.75) is 32.2 Å². The van der Waals surface area contributed by atoms with Gasteiger partial charge in [0.2, 0.25) is 0 Å². The minimum atomic E-state index is -0.805. The monoisotopic (exact) mass is 283 g/mol. The molecule has 0 bridgehead atoms. The molecular weight excluding hydrogens is 266 g/mol. The van der Waals surface area contributed by atoms with E-state index in [2.05, 4.69) is 5.32 Å². The first-order chi connectivity index (χ1) is 8.90. The molecule has 1 fully saturated rings.